The molecule has 0 radical (unpaired) electrons. The van der Waals surface area contributed by atoms with Gasteiger partial charge in [-0.15, -0.1) is 0 Å². The van der Waals surface area contributed by atoms with Gasteiger partial charge >= 0.3 is 0 Å². The second-order valence-corrected chi connectivity index (χ2v) is 5.33. The van der Waals surface area contributed by atoms with Crippen molar-refractivity contribution < 1.29 is 4.74 Å². The van der Waals surface area contributed by atoms with Crippen LogP contribution in [0.4, 0.5) is 0 Å². The third-order valence-electron chi connectivity index (χ3n) is 5.12. The second-order valence-electron chi connectivity index (χ2n) is 5.33. The van der Waals surface area contributed by atoms with Gasteiger partial charge in [-0.1, -0.05) is 12.2 Å². The minimum absolute atomic E-state index is 0.939. The molecule has 3 aliphatic carbocycles. The monoisotopic (exact) mass is 176 g/mol. The Balaban J connectivity index is 1.75. The summed E-state index contributed by atoms with van der Waals surface area (Å²) in [6, 6.07) is 0. The Bertz CT molecular complexity index is 268. The molecule has 0 N–H and O–H groups in total. The van der Waals surface area contributed by atoms with Gasteiger partial charge in [0.15, 0.2) is 0 Å². The van der Waals surface area contributed by atoms with E-state index in [1.165, 1.54) is 12.8 Å². The predicted octanol–water partition coefficient (Wildman–Crippen LogP) is 2.09. The summed E-state index contributed by atoms with van der Waals surface area (Å²) >= 11 is 0. The van der Waals surface area contributed by atoms with Crippen LogP contribution in [0.3, 0.4) is 0 Å². The highest BCUT2D eigenvalue weighted by Crippen LogP contribution is 2.62. The molecule has 6 unspecified atom stereocenters. The van der Waals surface area contributed by atoms with E-state index in [9.17, 15) is 0 Å². The van der Waals surface area contributed by atoms with Crippen molar-refractivity contribution in [2.75, 3.05) is 13.2 Å². The van der Waals surface area contributed by atoms with E-state index >= 15 is 0 Å². The Morgan fingerprint density at radius 3 is 2.69 bits per heavy atom. The smallest absolute Gasteiger partial charge is 0.0500 e. The summed E-state index contributed by atoms with van der Waals surface area (Å²) in [5.74, 6) is 5.89. The molecule has 0 aromatic rings. The van der Waals surface area contributed by atoms with E-state index in [4.69, 9.17) is 4.74 Å². The zero-order valence-corrected chi connectivity index (χ0v) is 7.86. The highest BCUT2D eigenvalue weighted by atomic mass is 16.5. The molecule has 2 bridgehead atoms. The largest absolute Gasteiger partial charge is 0.381 e. The van der Waals surface area contributed by atoms with Crippen molar-refractivity contribution >= 4 is 0 Å². The van der Waals surface area contributed by atoms with Crippen LogP contribution in [0.15, 0.2) is 12.2 Å². The van der Waals surface area contributed by atoms with Crippen LogP contribution in [0.2, 0.25) is 0 Å². The third-order valence-corrected chi connectivity index (χ3v) is 5.12. The summed E-state index contributed by atoms with van der Waals surface area (Å²) in [5.41, 5.74) is 0. The molecule has 70 valence electrons. The van der Waals surface area contributed by atoms with Crippen LogP contribution in [0.5, 0.6) is 0 Å². The molecule has 0 amide bonds. The number of ether oxygens (including phenoxy) is 1. The minimum atomic E-state index is 0.939. The molecule has 3 fully saturated rings. The molecule has 0 aromatic carbocycles. The first-order valence-corrected chi connectivity index (χ1v) is 5.69. The van der Waals surface area contributed by atoms with E-state index in [1.54, 1.807) is 0 Å². The summed E-state index contributed by atoms with van der Waals surface area (Å²) in [6.45, 7) is 2.15. The Hall–Kier alpha value is -0.300. The molecule has 13 heavy (non-hydrogen) atoms. The van der Waals surface area contributed by atoms with Gasteiger partial charge in [-0.3, -0.25) is 0 Å². The normalized spacial score (nSPS) is 61.5. The Labute approximate surface area is 79.2 Å². The van der Waals surface area contributed by atoms with Crippen LogP contribution in [-0.4, -0.2) is 13.2 Å². The molecule has 1 nitrogen and oxygen atoms in total. The third kappa shape index (κ3) is 0.698. The fourth-order valence-corrected chi connectivity index (χ4v) is 4.68. The number of hydrogen-bond donors (Lipinski definition) is 0. The number of allylic oxidation sites excluding steroid dienone is 2. The predicted molar refractivity (Wildman–Crippen MR) is 50.1 cm³/mol. The fraction of sp³-hybridized carbons (Fsp3) is 0.833. The first-order valence-electron chi connectivity index (χ1n) is 5.69. The van der Waals surface area contributed by atoms with Gasteiger partial charge in [-0.05, 0) is 48.3 Å². The SMILES string of the molecule is C1=CC2C3CC(C2C1)C1COCC31. The zero-order chi connectivity index (χ0) is 8.41. The summed E-state index contributed by atoms with van der Waals surface area (Å²) < 4.78 is 5.63. The first-order chi connectivity index (χ1) is 6.45. The van der Waals surface area contributed by atoms with Gasteiger partial charge < -0.3 is 4.74 Å². The highest BCUT2D eigenvalue weighted by molar-refractivity contribution is 5.16. The lowest BCUT2D eigenvalue weighted by atomic mass is 9.71. The number of rotatable bonds is 0. The average Bonchev–Trinajstić information content (AvgIpc) is 2.81. The molecule has 0 spiro atoms. The van der Waals surface area contributed by atoms with E-state index in [2.05, 4.69) is 12.2 Å². The van der Waals surface area contributed by atoms with Crippen LogP contribution in [-0.2, 0) is 4.74 Å². The average molecular weight is 176 g/mol. The zero-order valence-electron chi connectivity index (χ0n) is 7.86. The number of fused-ring (bicyclic) bond motifs is 8. The second kappa shape index (κ2) is 2.20. The molecule has 1 heteroatoms. The highest BCUT2D eigenvalue weighted by Gasteiger charge is 2.59. The van der Waals surface area contributed by atoms with Gasteiger partial charge in [0.2, 0.25) is 0 Å². The standard InChI is InChI=1S/C12H16O/c1-2-7-8(3-1)10-4-9(7)11-5-13-6-12(10)11/h1-2,7-12H,3-6H2. The Morgan fingerprint density at radius 2 is 1.77 bits per heavy atom. The van der Waals surface area contributed by atoms with Gasteiger partial charge in [0.25, 0.3) is 0 Å². The van der Waals surface area contributed by atoms with Crippen molar-refractivity contribution in [1.29, 1.82) is 0 Å². The van der Waals surface area contributed by atoms with E-state index in [1.807, 2.05) is 0 Å². The van der Waals surface area contributed by atoms with Gasteiger partial charge in [-0.2, -0.15) is 0 Å². The lowest BCUT2D eigenvalue weighted by Gasteiger charge is -2.32. The quantitative estimate of drug-likeness (QED) is 0.513. The number of hydrogen-bond acceptors (Lipinski definition) is 1. The minimum Gasteiger partial charge on any atom is -0.381 e. The topological polar surface area (TPSA) is 9.23 Å². The molecule has 0 aromatic heterocycles. The lowest BCUT2D eigenvalue weighted by Crippen LogP contribution is -2.31. The first kappa shape index (κ1) is 7.05. The maximum Gasteiger partial charge on any atom is 0.0500 e. The molecular formula is C12H16O. The Morgan fingerprint density at radius 1 is 0.923 bits per heavy atom. The molecule has 1 aliphatic heterocycles. The van der Waals surface area contributed by atoms with E-state index in [-0.39, 0.29) is 0 Å². The van der Waals surface area contributed by atoms with Gasteiger partial charge in [0.05, 0.1) is 13.2 Å². The fourth-order valence-electron chi connectivity index (χ4n) is 4.68. The van der Waals surface area contributed by atoms with Crippen molar-refractivity contribution in [2.45, 2.75) is 12.8 Å². The molecule has 6 atom stereocenters. The van der Waals surface area contributed by atoms with Crippen molar-refractivity contribution in [2.24, 2.45) is 35.5 Å². The van der Waals surface area contributed by atoms with E-state index in [0.717, 1.165) is 48.7 Å². The maximum absolute atomic E-state index is 5.63. The molecule has 2 saturated carbocycles. The molecular weight excluding hydrogens is 160 g/mol. The summed E-state index contributed by atoms with van der Waals surface area (Å²) in [6.07, 6.45) is 7.83. The molecule has 1 heterocycles. The van der Waals surface area contributed by atoms with Gasteiger partial charge in [-0.25, -0.2) is 0 Å². The summed E-state index contributed by atoms with van der Waals surface area (Å²) in [5, 5.41) is 0. The van der Waals surface area contributed by atoms with Crippen LogP contribution >= 0.6 is 0 Å². The Kier molecular flexibility index (Phi) is 1.19. The molecule has 4 aliphatic rings. The molecule has 1 saturated heterocycles. The van der Waals surface area contributed by atoms with E-state index in [0.29, 0.717) is 0 Å². The van der Waals surface area contributed by atoms with Crippen molar-refractivity contribution in [1.82, 2.24) is 0 Å². The van der Waals surface area contributed by atoms with Crippen molar-refractivity contribution in [3.8, 4) is 0 Å². The van der Waals surface area contributed by atoms with Gasteiger partial charge in [0, 0.05) is 0 Å². The lowest BCUT2D eigenvalue weighted by molar-refractivity contribution is 0.160. The summed E-state index contributed by atoms with van der Waals surface area (Å²) in [4.78, 5) is 0. The van der Waals surface area contributed by atoms with Crippen molar-refractivity contribution in [3.05, 3.63) is 12.2 Å². The van der Waals surface area contributed by atoms with Crippen LogP contribution in [0, 0.1) is 35.5 Å². The van der Waals surface area contributed by atoms with Crippen LogP contribution in [0.25, 0.3) is 0 Å². The van der Waals surface area contributed by atoms with E-state index < -0.39 is 0 Å². The molecule has 4 rings (SSSR count). The summed E-state index contributed by atoms with van der Waals surface area (Å²) in [7, 11) is 0. The van der Waals surface area contributed by atoms with Crippen LogP contribution < -0.4 is 0 Å². The van der Waals surface area contributed by atoms with Gasteiger partial charge in [0.1, 0.15) is 0 Å². The van der Waals surface area contributed by atoms with Crippen LogP contribution in [0.1, 0.15) is 12.8 Å². The maximum atomic E-state index is 5.63. The van der Waals surface area contributed by atoms with Crippen molar-refractivity contribution in [3.63, 3.8) is 0 Å².